The zero-order valence-electron chi connectivity index (χ0n) is 11.3. The van der Waals surface area contributed by atoms with Gasteiger partial charge >= 0.3 is 6.18 Å². The molecule has 1 unspecified atom stereocenters. The topological polar surface area (TPSA) is 50.7 Å². The van der Waals surface area contributed by atoms with Gasteiger partial charge in [0.25, 0.3) is 0 Å². The number of hydrogen-bond acceptors (Lipinski definition) is 4. The van der Waals surface area contributed by atoms with E-state index in [9.17, 15) is 13.2 Å². The highest BCUT2D eigenvalue weighted by Gasteiger charge is 2.28. The molecule has 0 aliphatic heterocycles. The van der Waals surface area contributed by atoms with Crippen LogP contribution in [0.5, 0.6) is 11.5 Å². The third kappa shape index (κ3) is 6.12. The SMILES string of the molecule is COc1cc(CNCC(C)O)ccc1OCC(F)(F)F. The Morgan fingerprint density at radius 1 is 1.30 bits per heavy atom. The fraction of sp³-hybridized carbons (Fsp3) is 0.538. The van der Waals surface area contributed by atoms with E-state index >= 15 is 0 Å². The summed E-state index contributed by atoms with van der Waals surface area (Å²) in [5.41, 5.74) is 0.821. The van der Waals surface area contributed by atoms with Crippen LogP contribution in [0.15, 0.2) is 18.2 Å². The maximum atomic E-state index is 12.1. The number of hydrogen-bond donors (Lipinski definition) is 2. The van der Waals surface area contributed by atoms with Crippen LogP contribution in [0.25, 0.3) is 0 Å². The molecule has 1 aromatic carbocycles. The smallest absolute Gasteiger partial charge is 0.422 e. The number of aliphatic hydroxyl groups excluding tert-OH is 1. The van der Waals surface area contributed by atoms with Gasteiger partial charge in [-0.3, -0.25) is 0 Å². The van der Waals surface area contributed by atoms with E-state index in [1.54, 1.807) is 19.1 Å². The normalized spacial score (nSPS) is 13.1. The van der Waals surface area contributed by atoms with E-state index in [1.165, 1.54) is 13.2 Å². The lowest BCUT2D eigenvalue weighted by Crippen LogP contribution is -2.23. The number of rotatable bonds is 7. The zero-order chi connectivity index (χ0) is 15.2. The Hall–Kier alpha value is -1.47. The number of benzene rings is 1. The first-order valence-electron chi connectivity index (χ1n) is 6.07. The predicted octanol–water partition coefficient (Wildman–Crippen LogP) is 2.11. The molecule has 7 heteroatoms. The molecule has 1 rings (SSSR count). The van der Waals surface area contributed by atoms with Gasteiger partial charge in [-0.05, 0) is 24.6 Å². The van der Waals surface area contributed by atoms with Crippen molar-refractivity contribution in [1.29, 1.82) is 0 Å². The molecule has 1 atom stereocenters. The molecule has 0 saturated carbocycles. The van der Waals surface area contributed by atoms with Crippen LogP contribution >= 0.6 is 0 Å². The fourth-order valence-electron chi connectivity index (χ4n) is 1.53. The van der Waals surface area contributed by atoms with E-state index in [-0.39, 0.29) is 11.5 Å². The Labute approximate surface area is 115 Å². The standard InChI is InChI=1S/C13H18F3NO3/c1-9(18)6-17-7-10-3-4-11(12(5-10)19-2)20-8-13(14,15)16/h3-5,9,17-18H,6-8H2,1-2H3. The van der Waals surface area contributed by atoms with Gasteiger partial charge < -0.3 is 19.9 Å². The molecule has 0 aliphatic carbocycles. The monoisotopic (exact) mass is 293 g/mol. The molecule has 2 N–H and O–H groups in total. The van der Waals surface area contributed by atoms with Crippen molar-refractivity contribution in [1.82, 2.24) is 5.32 Å². The number of nitrogens with one attached hydrogen (secondary N) is 1. The summed E-state index contributed by atoms with van der Waals surface area (Å²) in [6.45, 7) is 1.19. The van der Waals surface area contributed by atoms with Gasteiger partial charge in [0.05, 0.1) is 13.2 Å². The second-order valence-corrected chi connectivity index (χ2v) is 4.37. The Kier molecular flexibility index (Phi) is 6.09. The van der Waals surface area contributed by atoms with E-state index in [1.807, 2.05) is 0 Å². The van der Waals surface area contributed by atoms with Crippen molar-refractivity contribution in [3.63, 3.8) is 0 Å². The van der Waals surface area contributed by atoms with Gasteiger partial charge in [-0.2, -0.15) is 13.2 Å². The Bertz CT molecular complexity index is 422. The molecule has 0 spiro atoms. The van der Waals surface area contributed by atoms with Crippen molar-refractivity contribution in [3.8, 4) is 11.5 Å². The molecule has 0 saturated heterocycles. The first-order valence-corrected chi connectivity index (χ1v) is 6.07. The summed E-state index contributed by atoms with van der Waals surface area (Å²) in [4.78, 5) is 0. The molecule has 0 radical (unpaired) electrons. The van der Waals surface area contributed by atoms with Gasteiger partial charge in [0.15, 0.2) is 18.1 Å². The minimum atomic E-state index is -4.39. The van der Waals surface area contributed by atoms with E-state index in [0.29, 0.717) is 13.1 Å². The molecular weight excluding hydrogens is 275 g/mol. The summed E-state index contributed by atoms with van der Waals surface area (Å²) < 4.78 is 46.0. The largest absolute Gasteiger partial charge is 0.493 e. The third-order valence-corrected chi connectivity index (χ3v) is 2.39. The molecule has 20 heavy (non-hydrogen) atoms. The van der Waals surface area contributed by atoms with Gasteiger partial charge in [0.1, 0.15) is 0 Å². The summed E-state index contributed by atoms with van der Waals surface area (Å²) in [6, 6.07) is 4.67. The second kappa shape index (κ2) is 7.35. The lowest BCUT2D eigenvalue weighted by molar-refractivity contribution is -0.153. The van der Waals surface area contributed by atoms with Crippen LogP contribution in [0.4, 0.5) is 13.2 Å². The lowest BCUT2D eigenvalue weighted by atomic mass is 10.2. The van der Waals surface area contributed by atoms with Crippen LogP contribution in [-0.2, 0) is 6.54 Å². The van der Waals surface area contributed by atoms with Gasteiger partial charge in [-0.25, -0.2) is 0 Å². The minimum Gasteiger partial charge on any atom is -0.493 e. The lowest BCUT2D eigenvalue weighted by Gasteiger charge is -2.14. The molecule has 114 valence electrons. The predicted molar refractivity (Wildman–Crippen MR) is 67.9 cm³/mol. The zero-order valence-corrected chi connectivity index (χ0v) is 11.3. The quantitative estimate of drug-likeness (QED) is 0.808. The first-order chi connectivity index (χ1) is 9.31. The van der Waals surface area contributed by atoms with Gasteiger partial charge in [-0.1, -0.05) is 6.07 Å². The number of aliphatic hydroxyl groups is 1. The first kappa shape index (κ1) is 16.6. The van der Waals surface area contributed by atoms with Crippen molar-refractivity contribution in [2.24, 2.45) is 0 Å². The number of halogens is 3. The van der Waals surface area contributed by atoms with Crippen molar-refractivity contribution >= 4 is 0 Å². The number of alkyl halides is 3. The van der Waals surface area contributed by atoms with Crippen LogP contribution in [0.3, 0.4) is 0 Å². The Morgan fingerprint density at radius 3 is 2.55 bits per heavy atom. The van der Waals surface area contributed by atoms with Crippen molar-refractivity contribution in [2.45, 2.75) is 25.7 Å². The van der Waals surface area contributed by atoms with Crippen molar-refractivity contribution in [3.05, 3.63) is 23.8 Å². The summed E-state index contributed by atoms with van der Waals surface area (Å²) in [5.74, 6) is 0.287. The maximum absolute atomic E-state index is 12.1. The second-order valence-electron chi connectivity index (χ2n) is 4.37. The van der Waals surface area contributed by atoms with E-state index in [0.717, 1.165) is 5.56 Å². The third-order valence-electron chi connectivity index (χ3n) is 2.39. The van der Waals surface area contributed by atoms with Crippen LogP contribution in [0, 0.1) is 0 Å². The highest BCUT2D eigenvalue weighted by Crippen LogP contribution is 2.29. The molecule has 0 fully saturated rings. The molecule has 1 aromatic rings. The molecule has 0 heterocycles. The summed E-state index contributed by atoms with van der Waals surface area (Å²) >= 11 is 0. The summed E-state index contributed by atoms with van der Waals surface area (Å²) in [6.07, 6.45) is -4.85. The average molecular weight is 293 g/mol. The van der Waals surface area contributed by atoms with Gasteiger partial charge in [0, 0.05) is 13.1 Å². The molecule has 0 aromatic heterocycles. The molecule has 4 nitrogen and oxygen atoms in total. The van der Waals surface area contributed by atoms with E-state index in [4.69, 9.17) is 9.84 Å². The highest BCUT2D eigenvalue weighted by atomic mass is 19.4. The Morgan fingerprint density at radius 2 is 2.00 bits per heavy atom. The Balaban J connectivity index is 2.65. The van der Waals surface area contributed by atoms with E-state index < -0.39 is 18.9 Å². The summed E-state index contributed by atoms with van der Waals surface area (Å²) in [7, 11) is 1.36. The van der Waals surface area contributed by atoms with Crippen LogP contribution in [0.2, 0.25) is 0 Å². The number of ether oxygens (including phenoxy) is 2. The van der Waals surface area contributed by atoms with Crippen LogP contribution < -0.4 is 14.8 Å². The van der Waals surface area contributed by atoms with Crippen molar-refractivity contribution < 1.29 is 27.8 Å². The molecule has 0 bridgehead atoms. The molecule has 0 amide bonds. The molecule has 0 aliphatic rings. The number of methoxy groups -OCH3 is 1. The van der Waals surface area contributed by atoms with E-state index in [2.05, 4.69) is 10.1 Å². The van der Waals surface area contributed by atoms with Crippen LogP contribution in [-0.4, -0.2) is 37.6 Å². The van der Waals surface area contributed by atoms with Crippen molar-refractivity contribution in [2.75, 3.05) is 20.3 Å². The fourth-order valence-corrected chi connectivity index (χ4v) is 1.53. The maximum Gasteiger partial charge on any atom is 0.422 e. The van der Waals surface area contributed by atoms with Crippen LogP contribution in [0.1, 0.15) is 12.5 Å². The highest BCUT2D eigenvalue weighted by molar-refractivity contribution is 5.43. The van der Waals surface area contributed by atoms with Gasteiger partial charge in [0.2, 0.25) is 0 Å². The average Bonchev–Trinajstić information content (AvgIpc) is 2.35. The summed E-state index contributed by atoms with van der Waals surface area (Å²) in [5, 5.41) is 12.1. The molecular formula is C13H18F3NO3. The minimum absolute atomic E-state index is 0.0455. The van der Waals surface area contributed by atoms with Gasteiger partial charge in [-0.15, -0.1) is 0 Å².